The molecule has 3 heteroatoms. The molecule has 0 fully saturated rings. The van der Waals surface area contributed by atoms with Crippen LogP contribution >= 0.6 is 0 Å². The van der Waals surface area contributed by atoms with E-state index in [-0.39, 0.29) is 12.1 Å². The number of para-hydroxylation sites is 3. The fourth-order valence-corrected chi connectivity index (χ4v) is 8.77. The van der Waals surface area contributed by atoms with E-state index in [2.05, 4.69) is 174 Å². The summed E-state index contributed by atoms with van der Waals surface area (Å²) in [5.41, 5.74) is 13.0. The number of aromatic nitrogens is 2. The second kappa shape index (κ2) is 11.6. The summed E-state index contributed by atoms with van der Waals surface area (Å²) in [5, 5.41) is 3.66. The van der Waals surface area contributed by atoms with Crippen molar-refractivity contribution in [3.05, 3.63) is 182 Å². The Hall–Kier alpha value is -6.32. The van der Waals surface area contributed by atoms with Gasteiger partial charge in [-0.05, 0) is 89.4 Å². The third-order valence-corrected chi connectivity index (χ3v) is 11.0. The smallest absolute Gasteiger partial charge is 0.124 e. The molecule has 0 saturated carbocycles. The molecule has 0 radical (unpaired) electrons. The Morgan fingerprint density at radius 2 is 1.31 bits per heavy atom. The van der Waals surface area contributed by atoms with Crippen LogP contribution in [0.1, 0.15) is 35.2 Å². The Morgan fingerprint density at radius 3 is 2.14 bits per heavy atom. The summed E-state index contributed by atoms with van der Waals surface area (Å²) >= 11 is 0. The maximum absolute atomic E-state index is 6.36. The zero-order chi connectivity index (χ0) is 34.1. The summed E-state index contributed by atoms with van der Waals surface area (Å²) in [6, 6.07) is 50.5. The molecule has 8 aromatic rings. The number of rotatable bonds is 6. The van der Waals surface area contributed by atoms with Crippen LogP contribution in [-0.2, 0) is 0 Å². The van der Waals surface area contributed by atoms with Gasteiger partial charge in [-0.25, -0.2) is 0 Å². The lowest BCUT2D eigenvalue weighted by atomic mass is 9.84. The molecule has 3 atom stereocenters. The van der Waals surface area contributed by atoms with Crippen LogP contribution in [0.2, 0.25) is 0 Å². The zero-order valence-corrected chi connectivity index (χ0v) is 28.2. The molecule has 51 heavy (non-hydrogen) atoms. The second-order valence-electron chi connectivity index (χ2n) is 13.7. The molecular formula is C48H36N2O. The van der Waals surface area contributed by atoms with E-state index in [4.69, 9.17) is 4.74 Å². The minimum Gasteiger partial charge on any atom is -0.485 e. The number of ether oxygens (including phenoxy) is 1. The molecule has 0 saturated heterocycles. The lowest BCUT2D eigenvalue weighted by molar-refractivity contribution is 0.232. The van der Waals surface area contributed by atoms with Crippen molar-refractivity contribution in [1.82, 2.24) is 9.13 Å². The summed E-state index contributed by atoms with van der Waals surface area (Å²) in [7, 11) is 0. The summed E-state index contributed by atoms with van der Waals surface area (Å²) in [6.07, 6.45) is 9.62. The van der Waals surface area contributed by atoms with Gasteiger partial charge in [-0.1, -0.05) is 116 Å². The fourth-order valence-electron chi connectivity index (χ4n) is 8.77. The van der Waals surface area contributed by atoms with Crippen molar-refractivity contribution < 1.29 is 4.74 Å². The Labute approximate surface area is 297 Å². The summed E-state index contributed by atoms with van der Waals surface area (Å²) < 4.78 is 11.2. The van der Waals surface area contributed by atoms with Crippen molar-refractivity contribution in [2.24, 2.45) is 0 Å². The molecule has 0 amide bonds. The SMILES string of the molecule is C=Cc1c(C=C)n(C2C=CC3Oc4ccccc4C3C2)c2cc(-c3ccccc3)c(-c3ccc4c(c3)c3ccccc3n4-c3ccccc3)cc12. The number of hydrogen-bond donors (Lipinski definition) is 0. The zero-order valence-electron chi connectivity index (χ0n) is 28.2. The summed E-state index contributed by atoms with van der Waals surface area (Å²) in [5.74, 6) is 1.31. The van der Waals surface area contributed by atoms with Crippen molar-refractivity contribution >= 4 is 44.9 Å². The van der Waals surface area contributed by atoms with Crippen LogP contribution in [0.15, 0.2) is 165 Å². The van der Waals surface area contributed by atoms with Crippen LogP contribution in [0, 0.1) is 0 Å². The lowest BCUT2D eigenvalue weighted by Gasteiger charge is -2.29. The highest BCUT2D eigenvalue weighted by Gasteiger charge is 2.38. The lowest BCUT2D eigenvalue weighted by Crippen LogP contribution is -2.25. The Morgan fingerprint density at radius 1 is 0.588 bits per heavy atom. The van der Waals surface area contributed by atoms with Gasteiger partial charge >= 0.3 is 0 Å². The van der Waals surface area contributed by atoms with Gasteiger partial charge in [-0.15, -0.1) is 0 Å². The summed E-state index contributed by atoms with van der Waals surface area (Å²) in [6.45, 7) is 8.64. The van der Waals surface area contributed by atoms with Gasteiger partial charge in [-0.2, -0.15) is 0 Å². The standard InChI is InChI=1S/C48H36N2O/c1-3-35-41-29-38(32-23-25-45-40(27-32)36-19-11-13-21-44(36)49(45)33-17-9-6-10-18-33)39(31-15-7-5-8-16-31)30-46(41)50(43(35)4-2)34-24-26-48-42(28-34)37-20-12-14-22-47(37)51-48/h3-27,29-30,34,42,48H,1-2,28H2. The molecule has 244 valence electrons. The third-order valence-electron chi connectivity index (χ3n) is 11.0. The maximum atomic E-state index is 6.36. The highest BCUT2D eigenvalue weighted by atomic mass is 16.5. The van der Waals surface area contributed by atoms with Gasteiger partial charge in [-0.3, -0.25) is 0 Å². The van der Waals surface area contributed by atoms with E-state index in [1.807, 2.05) is 12.2 Å². The monoisotopic (exact) mass is 656 g/mol. The van der Waals surface area contributed by atoms with Crippen molar-refractivity contribution in [1.29, 1.82) is 0 Å². The second-order valence-corrected chi connectivity index (χ2v) is 13.7. The molecule has 10 rings (SSSR count). The third kappa shape index (κ3) is 4.51. The minimum absolute atomic E-state index is 0.0702. The van der Waals surface area contributed by atoms with Gasteiger partial charge in [0.25, 0.3) is 0 Å². The van der Waals surface area contributed by atoms with Crippen molar-refractivity contribution in [3.8, 4) is 33.7 Å². The average Bonchev–Trinajstić information content (AvgIpc) is 3.84. The molecule has 6 aromatic carbocycles. The van der Waals surface area contributed by atoms with Crippen molar-refractivity contribution in [3.63, 3.8) is 0 Å². The molecule has 0 spiro atoms. The van der Waals surface area contributed by atoms with Crippen LogP contribution in [0.5, 0.6) is 5.75 Å². The largest absolute Gasteiger partial charge is 0.485 e. The van der Waals surface area contributed by atoms with Gasteiger partial charge < -0.3 is 13.9 Å². The van der Waals surface area contributed by atoms with Crippen LogP contribution in [0.4, 0.5) is 0 Å². The number of hydrogen-bond acceptors (Lipinski definition) is 1. The molecule has 1 aliphatic heterocycles. The van der Waals surface area contributed by atoms with E-state index in [0.717, 1.165) is 29.1 Å². The number of benzene rings is 6. The first kappa shape index (κ1) is 29.6. The quantitative estimate of drug-likeness (QED) is 0.163. The Bertz CT molecular complexity index is 2690. The first-order valence-electron chi connectivity index (χ1n) is 17.8. The maximum Gasteiger partial charge on any atom is 0.124 e. The molecule has 2 aliphatic rings. The fraction of sp³-hybridized carbons (Fsp3) is 0.0833. The van der Waals surface area contributed by atoms with Gasteiger partial charge in [0.05, 0.1) is 22.6 Å². The number of nitrogens with zero attached hydrogens (tertiary/aromatic N) is 2. The molecule has 3 unspecified atom stereocenters. The first-order chi connectivity index (χ1) is 25.2. The van der Waals surface area contributed by atoms with Gasteiger partial charge in [0.2, 0.25) is 0 Å². The van der Waals surface area contributed by atoms with Gasteiger partial charge in [0.1, 0.15) is 11.9 Å². The highest BCUT2D eigenvalue weighted by molar-refractivity contribution is 6.11. The van der Waals surface area contributed by atoms with E-state index >= 15 is 0 Å². The number of fused-ring (bicyclic) bond motifs is 7. The molecule has 0 bridgehead atoms. The van der Waals surface area contributed by atoms with Crippen LogP contribution in [0.3, 0.4) is 0 Å². The van der Waals surface area contributed by atoms with Crippen molar-refractivity contribution in [2.45, 2.75) is 24.5 Å². The van der Waals surface area contributed by atoms with Crippen LogP contribution in [0.25, 0.3) is 72.8 Å². The molecular weight excluding hydrogens is 621 g/mol. The van der Waals surface area contributed by atoms with Crippen molar-refractivity contribution in [2.75, 3.05) is 0 Å². The van der Waals surface area contributed by atoms with Crippen LogP contribution < -0.4 is 4.74 Å². The molecule has 3 heterocycles. The van der Waals surface area contributed by atoms with E-state index in [1.165, 1.54) is 60.5 Å². The van der Waals surface area contributed by atoms with Gasteiger partial charge in [0.15, 0.2) is 0 Å². The highest BCUT2D eigenvalue weighted by Crippen LogP contribution is 2.48. The Kier molecular flexibility index (Phi) is 6.75. The first-order valence-corrected chi connectivity index (χ1v) is 17.8. The predicted octanol–water partition coefficient (Wildman–Crippen LogP) is 12.4. The van der Waals surface area contributed by atoms with E-state index in [1.54, 1.807) is 0 Å². The molecule has 2 aromatic heterocycles. The number of allylic oxidation sites excluding steroid dienone is 1. The van der Waals surface area contributed by atoms with E-state index in [9.17, 15) is 0 Å². The molecule has 1 aliphatic carbocycles. The summed E-state index contributed by atoms with van der Waals surface area (Å²) in [4.78, 5) is 0. The minimum atomic E-state index is 0.0702. The topological polar surface area (TPSA) is 19.1 Å². The molecule has 0 N–H and O–H groups in total. The normalized spacial score (nSPS) is 17.8. The van der Waals surface area contributed by atoms with Gasteiger partial charge in [0, 0.05) is 44.6 Å². The van der Waals surface area contributed by atoms with E-state index < -0.39 is 0 Å². The predicted molar refractivity (Wildman–Crippen MR) is 214 cm³/mol. The van der Waals surface area contributed by atoms with E-state index in [0.29, 0.717) is 5.92 Å². The van der Waals surface area contributed by atoms with Crippen LogP contribution in [-0.4, -0.2) is 15.2 Å². The molecule has 3 nitrogen and oxygen atoms in total. The average molecular weight is 657 g/mol. The Balaban J connectivity index is 1.20.